The van der Waals surface area contributed by atoms with Crippen LogP contribution in [-0.2, 0) is 10.8 Å². The molecule has 3 heterocycles. The molecular formula is C19H26N8S. The molecule has 0 radical (unpaired) electrons. The molecule has 0 aliphatic carbocycles. The van der Waals surface area contributed by atoms with E-state index in [-0.39, 0.29) is 16.7 Å². The highest BCUT2D eigenvalue weighted by Gasteiger charge is 2.28. The van der Waals surface area contributed by atoms with E-state index >= 15 is 0 Å². The first-order valence-electron chi connectivity index (χ1n) is 9.22. The van der Waals surface area contributed by atoms with Crippen molar-refractivity contribution in [2.75, 3.05) is 0 Å². The molecule has 0 saturated carbocycles. The number of nitrogens with zero attached hydrogens (tertiary/aromatic N) is 7. The number of fused-ring (bicyclic) bond motifs is 1. The Balaban J connectivity index is 2.15. The zero-order chi connectivity index (χ0) is 20.9. The third kappa shape index (κ3) is 3.44. The van der Waals surface area contributed by atoms with Crippen LogP contribution in [0, 0.1) is 6.57 Å². The normalized spacial score (nSPS) is 13.1. The minimum Gasteiger partial charge on any atom is -0.292 e. The Morgan fingerprint density at radius 2 is 1.75 bits per heavy atom. The van der Waals surface area contributed by atoms with E-state index in [1.165, 1.54) is 11.5 Å². The Hall–Kier alpha value is -2.60. The lowest BCUT2D eigenvalue weighted by Crippen LogP contribution is -2.13. The SMILES string of the molecule is [C-]#[N+]c1c(N=Nc2c(C(C)(C)C)[nH]n3c(C(C)C)nnc23)nsc1C(C)(C)C. The summed E-state index contributed by atoms with van der Waals surface area (Å²) in [6.45, 7) is 24.2. The lowest BCUT2D eigenvalue weighted by molar-refractivity contribution is 0.558. The summed E-state index contributed by atoms with van der Waals surface area (Å²) in [5.74, 6) is 1.41. The minimum absolute atomic E-state index is 0.164. The molecule has 0 amide bonds. The number of H-pyrrole nitrogens is 1. The molecule has 3 rings (SSSR count). The number of hydrogen-bond donors (Lipinski definition) is 1. The maximum Gasteiger partial charge on any atom is 0.248 e. The van der Waals surface area contributed by atoms with Gasteiger partial charge in [0.05, 0.1) is 12.3 Å². The Labute approximate surface area is 169 Å². The van der Waals surface area contributed by atoms with Gasteiger partial charge in [-0.3, -0.25) is 5.10 Å². The van der Waals surface area contributed by atoms with Crippen molar-refractivity contribution in [3.05, 3.63) is 27.8 Å². The van der Waals surface area contributed by atoms with Crippen LogP contribution in [0.15, 0.2) is 10.2 Å². The Morgan fingerprint density at radius 3 is 2.29 bits per heavy atom. The van der Waals surface area contributed by atoms with Crippen LogP contribution >= 0.6 is 11.5 Å². The maximum absolute atomic E-state index is 7.56. The molecule has 0 bridgehead atoms. The van der Waals surface area contributed by atoms with Crippen LogP contribution in [0.4, 0.5) is 17.2 Å². The summed E-state index contributed by atoms with van der Waals surface area (Å²) in [5.41, 5.74) is 2.29. The van der Waals surface area contributed by atoms with E-state index in [0.29, 0.717) is 22.8 Å². The molecule has 0 atom stereocenters. The molecule has 0 unspecified atom stereocenters. The second-order valence-corrected chi connectivity index (χ2v) is 9.98. The van der Waals surface area contributed by atoms with Gasteiger partial charge in [0.1, 0.15) is 0 Å². The van der Waals surface area contributed by atoms with Gasteiger partial charge < -0.3 is 0 Å². The second kappa shape index (κ2) is 6.78. The highest BCUT2D eigenvalue weighted by molar-refractivity contribution is 7.07. The molecule has 0 spiro atoms. The molecule has 0 aromatic carbocycles. The molecule has 0 aliphatic rings. The predicted molar refractivity (Wildman–Crippen MR) is 111 cm³/mol. The van der Waals surface area contributed by atoms with Crippen molar-refractivity contribution in [2.24, 2.45) is 10.2 Å². The van der Waals surface area contributed by atoms with Crippen molar-refractivity contribution in [3.8, 4) is 0 Å². The third-order valence-corrected chi connectivity index (χ3v) is 5.57. The van der Waals surface area contributed by atoms with Gasteiger partial charge in [-0.15, -0.1) is 20.4 Å². The number of rotatable bonds is 3. The monoisotopic (exact) mass is 398 g/mol. The average molecular weight is 399 g/mol. The van der Waals surface area contributed by atoms with E-state index in [4.69, 9.17) is 6.57 Å². The molecule has 148 valence electrons. The number of azo groups is 1. The van der Waals surface area contributed by atoms with E-state index in [1.54, 1.807) is 0 Å². The number of aromatic nitrogens is 5. The molecule has 8 nitrogen and oxygen atoms in total. The fourth-order valence-electron chi connectivity index (χ4n) is 2.86. The van der Waals surface area contributed by atoms with E-state index in [1.807, 2.05) is 4.52 Å². The van der Waals surface area contributed by atoms with Crippen LogP contribution in [0.25, 0.3) is 10.5 Å². The largest absolute Gasteiger partial charge is 0.292 e. The van der Waals surface area contributed by atoms with Gasteiger partial charge in [-0.05, 0) is 5.41 Å². The summed E-state index contributed by atoms with van der Waals surface area (Å²) >= 11 is 1.31. The highest BCUT2D eigenvalue weighted by Crippen LogP contribution is 2.43. The van der Waals surface area contributed by atoms with E-state index < -0.39 is 0 Å². The molecule has 0 aliphatic heterocycles. The van der Waals surface area contributed by atoms with Gasteiger partial charge in [0.2, 0.25) is 11.3 Å². The Kier molecular flexibility index (Phi) is 4.88. The number of hydrogen-bond acceptors (Lipinski definition) is 6. The smallest absolute Gasteiger partial charge is 0.248 e. The Bertz CT molecular complexity index is 1080. The van der Waals surface area contributed by atoms with Crippen LogP contribution in [0.1, 0.15) is 77.7 Å². The predicted octanol–water partition coefficient (Wildman–Crippen LogP) is 6.20. The summed E-state index contributed by atoms with van der Waals surface area (Å²) < 4.78 is 6.24. The van der Waals surface area contributed by atoms with Crippen LogP contribution < -0.4 is 0 Å². The molecule has 3 aromatic heterocycles. The zero-order valence-corrected chi connectivity index (χ0v) is 18.4. The maximum atomic E-state index is 7.56. The Morgan fingerprint density at radius 1 is 1.07 bits per heavy atom. The standard InChI is InChI=1S/C19H26N8S/c1-10(2)16-23-24-17-11(13(18(3,4)5)25-27(16)17)21-22-15-12(20-9)14(28-26-15)19(6,7)8/h10,25H,1-8H3. The topological polar surface area (TPSA) is 88.0 Å². The van der Waals surface area contributed by atoms with Gasteiger partial charge >= 0.3 is 0 Å². The summed E-state index contributed by atoms with van der Waals surface area (Å²) in [4.78, 5) is 4.57. The van der Waals surface area contributed by atoms with Crippen molar-refractivity contribution in [1.29, 1.82) is 0 Å². The first-order valence-corrected chi connectivity index (χ1v) is 9.99. The van der Waals surface area contributed by atoms with Gasteiger partial charge in [0.15, 0.2) is 17.3 Å². The number of nitrogens with one attached hydrogen (secondary N) is 1. The van der Waals surface area contributed by atoms with Gasteiger partial charge in [0.25, 0.3) is 0 Å². The van der Waals surface area contributed by atoms with Crippen LogP contribution in [0.2, 0.25) is 0 Å². The fourth-order valence-corrected chi connectivity index (χ4v) is 3.66. The summed E-state index contributed by atoms with van der Waals surface area (Å²) in [5, 5.41) is 20.8. The van der Waals surface area contributed by atoms with Crippen LogP contribution in [-0.4, -0.2) is 24.2 Å². The minimum atomic E-state index is -0.190. The lowest BCUT2D eigenvalue weighted by atomic mass is 9.91. The van der Waals surface area contributed by atoms with Crippen molar-refractivity contribution in [3.63, 3.8) is 0 Å². The van der Waals surface area contributed by atoms with Gasteiger partial charge in [-0.1, -0.05) is 66.9 Å². The zero-order valence-electron chi connectivity index (χ0n) is 17.6. The van der Waals surface area contributed by atoms with E-state index in [0.717, 1.165) is 16.4 Å². The van der Waals surface area contributed by atoms with Gasteiger partial charge in [-0.25, -0.2) is 9.36 Å². The molecule has 0 fully saturated rings. The van der Waals surface area contributed by atoms with E-state index in [9.17, 15) is 0 Å². The van der Waals surface area contributed by atoms with Gasteiger partial charge in [0, 0.05) is 16.2 Å². The van der Waals surface area contributed by atoms with Crippen LogP contribution in [0.5, 0.6) is 0 Å². The van der Waals surface area contributed by atoms with Crippen molar-refractivity contribution >= 4 is 34.4 Å². The number of aromatic amines is 1. The van der Waals surface area contributed by atoms with Gasteiger partial charge in [-0.2, -0.15) is 4.37 Å². The summed E-state index contributed by atoms with van der Waals surface area (Å²) in [6, 6.07) is 0. The third-order valence-electron chi connectivity index (χ3n) is 4.31. The quantitative estimate of drug-likeness (QED) is 0.421. The molecule has 1 N–H and O–H groups in total. The fraction of sp³-hybridized carbons (Fsp3) is 0.579. The molecule has 0 saturated heterocycles. The summed E-state index contributed by atoms with van der Waals surface area (Å²) in [7, 11) is 0. The van der Waals surface area contributed by atoms with Crippen LogP contribution in [0.3, 0.4) is 0 Å². The van der Waals surface area contributed by atoms with Crippen molar-refractivity contribution < 1.29 is 0 Å². The molecular weight excluding hydrogens is 372 g/mol. The van der Waals surface area contributed by atoms with Crippen molar-refractivity contribution in [2.45, 2.75) is 72.1 Å². The molecule has 28 heavy (non-hydrogen) atoms. The highest BCUT2D eigenvalue weighted by atomic mass is 32.1. The second-order valence-electron chi connectivity index (χ2n) is 9.20. The molecule has 3 aromatic rings. The lowest BCUT2D eigenvalue weighted by Gasteiger charge is -2.16. The van der Waals surface area contributed by atoms with E-state index in [2.05, 4.69) is 90.1 Å². The molecule has 9 heteroatoms. The summed E-state index contributed by atoms with van der Waals surface area (Å²) in [6.07, 6.45) is 0. The first kappa shape index (κ1) is 20.1. The van der Waals surface area contributed by atoms with Crippen molar-refractivity contribution in [1.82, 2.24) is 24.2 Å². The average Bonchev–Trinajstić information content (AvgIpc) is 3.23. The first-order chi connectivity index (χ1) is 12.9.